The Morgan fingerprint density at radius 3 is 2.53 bits per heavy atom. The minimum Gasteiger partial charge on any atom is -0.384 e. The first-order valence-corrected chi connectivity index (χ1v) is 4.75. The van der Waals surface area contributed by atoms with Gasteiger partial charge in [0.1, 0.15) is 5.82 Å². The topological polar surface area (TPSA) is 26.3 Å². The summed E-state index contributed by atoms with van der Waals surface area (Å²) >= 11 is 0. The molecule has 0 aliphatic rings. The number of methoxy groups -OCH3 is 1. The lowest BCUT2D eigenvalue weighted by Gasteiger charge is -2.08. The Hall–Kier alpha value is -1.43. The van der Waals surface area contributed by atoms with Crippen molar-refractivity contribution < 1.29 is 27.1 Å². The number of alkyl halides is 3. The van der Waals surface area contributed by atoms with Gasteiger partial charge in [0.2, 0.25) is 0 Å². The van der Waals surface area contributed by atoms with Crippen molar-refractivity contribution >= 4 is 5.78 Å². The van der Waals surface area contributed by atoms with Gasteiger partial charge in [-0.2, -0.15) is 13.2 Å². The van der Waals surface area contributed by atoms with Crippen LogP contribution in [0, 0.1) is 5.82 Å². The Morgan fingerprint density at radius 1 is 1.35 bits per heavy atom. The van der Waals surface area contributed by atoms with Crippen molar-refractivity contribution in [3.8, 4) is 0 Å². The molecular formula is C11H10F4O2. The number of hydrogen-bond donors (Lipinski definition) is 0. The van der Waals surface area contributed by atoms with Crippen LogP contribution in [0.5, 0.6) is 0 Å². The zero-order valence-electron chi connectivity index (χ0n) is 8.97. The van der Waals surface area contributed by atoms with Crippen molar-refractivity contribution in [2.24, 2.45) is 0 Å². The summed E-state index contributed by atoms with van der Waals surface area (Å²) in [5.41, 5.74) is -0.535. The molecule has 0 spiro atoms. The van der Waals surface area contributed by atoms with Gasteiger partial charge in [0.15, 0.2) is 0 Å². The number of Topliss-reactive ketones (excluding diaryl/α,β-unsaturated/α-hetero) is 1. The zero-order valence-corrected chi connectivity index (χ0v) is 8.97. The number of benzene rings is 1. The largest absolute Gasteiger partial charge is 0.454 e. The third kappa shape index (κ3) is 3.52. The Bertz CT molecular complexity index is 412. The highest BCUT2D eigenvalue weighted by molar-refractivity contribution is 6.00. The molecule has 17 heavy (non-hydrogen) atoms. The zero-order chi connectivity index (χ0) is 13.1. The lowest BCUT2D eigenvalue weighted by Crippen LogP contribution is -2.24. The Labute approximate surface area is 95.2 Å². The number of carbonyl (C=O) groups excluding carboxylic acids is 1. The number of ketones is 1. The van der Waals surface area contributed by atoms with Crippen LogP contribution < -0.4 is 0 Å². The number of carbonyl (C=O) groups is 1. The quantitative estimate of drug-likeness (QED) is 0.606. The summed E-state index contributed by atoms with van der Waals surface area (Å²) < 4.78 is 54.3. The smallest absolute Gasteiger partial charge is 0.384 e. The van der Waals surface area contributed by atoms with E-state index in [0.717, 1.165) is 12.1 Å². The maximum atomic E-state index is 13.1. The second-order valence-electron chi connectivity index (χ2n) is 3.38. The minimum absolute atomic E-state index is 0.283. The molecule has 0 amide bonds. The highest BCUT2D eigenvalue weighted by Crippen LogP contribution is 2.24. The molecule has 0 saturated carbocycles. The Morgan fingerprint density at radius 2 is 2.00 bits per heavy atom. The lowest BCUT2D eigenvalue weighted by molar-refractivity contribution is -0.0887. The van der Waals surface area contributed by atoms with E-state index in [9.17, 15) is 22.4 Å². The predicted molar refractivity (Wildman–Crippen MR) is 52.4 cm³/mol. The van der Waals surface area contributed by atoms with E-state index in [2.05, 4.69) is 0 Å². The molecule has 0 aliphatic carbocycles. The number of halogens is 4. The molecule has 6 heteroatoms. The number of rotatable bonds is 4. The molecule has 2 nitrogen and oxygen atoms in total. The molecule has 0 saturated heterocycles. The Balaban J connectivity index is 3.02. The first-order chi connectivity index (χ1) is 7.86. The summed E-state index contributed by atoms with van der Waals surface area (Å²) in [5, 5.41) is 0. The monoisotopic (exact) mass is 250 g/mol. The van der Waals surface area contributed by atoms with Gasteiger partial charge >= 0.3 is 6.18 Å². The number of ether oxygens (including phenoxy) is 1. The second kappa shape index (κ2) is 5.27. The molecule has 0 aromatic heterocycles. The van der Waals surface area contributed by atoms with Crippen LogP contribution in [0.4, 0.5) is 17.6 Å². The van der Waals surface area contributed by atoms with Crippen LogP contribution in [0.15, 0.2) is 18.2 Å². The molecule has 0 fully saturated rings. The van der Waals surface area contributed by atoms with Crippen molar-refractivity contribution in [3.05, 3.63) is 35.1 Å². The van der Waals surface area contributed by atoms with E-state index in [-0.39, 0.29) is 6.61 Å². The molecule has 0 unspecified atom stereocenters. The standard InChI is InChI=1S/C11H10F4O2/c1-17-5-4-7-2-3-9(12)8(6-7)10(16)11(13,14)15/h2-3,6H,4-5H2,1H3. The van der Waals surface area contributed by atoms with E-state index < -0.39 is 23.3 Å². The van der Waals surface area contributed by atoms with Gasteiger partial charge in [-0.25, -0.2) is 4.39 Å². The fourth-order valence-corrected chi connectivity index (χ4v) is 1.27. The van der Waals surface area contributed by atoms with E-state index in [0.29, 0.717) is 12.0 Å². The van der Waals surface area contributed by atoms with E-state index in [1.54, 1.807) is 0 Å². The van der Waals surface area contributed by atoms with Crippen molar-refractivity contribution in [2.75, 3.05) is 13.7 Å². The Kier molecular flexibility index (Phi) is 4.22. The van der Waals surface area contributed by atoms with Crippen molar-refractivity contribution in [1.29, 1.82) is 0 Å². The van der Waals surface area contributed by atoms with Gasteiger partial charge < -0.3 is 4.74 Å². The van der Waals surface area contributed by atoms with Gasteiger partial charge in [0.05, 0.1) is 12.2 Å². The molecule has 1 aromatic rings. The van der Waals surface area contributed by atoms with Crippen LogP contribution in [-0.4, -0.2) is 25.7 Å². The lowest BCUT2D eigenvalue weighted by atomic mass is 10.0. The van der Waals surface area contributed by atoms with Gasteiger partial charge in [-0.15, -0.1) is 0 Å². The number of hydrogen-bond acceptors (Lipinski definition) is 2. The molecule has 1 rings (SSSR count). The van der Waals surface area contributed by atoms with E-state index in [4.69, 9.17) is 4.74 Å². The first kappa shape index (κ1) is 13.6. The van der Waals surface area contributed by atoms with Crippen LogP contribution in [0.25, 0.3) is 0 Å². The third-order valence-electron chi connectivity index (χ3n) is 2.13. The maximum Gasteiger partial charge on any atom is 0.454 e. The van der Waals surface area contributed by atoms with Crippen LogP contribution in [0.1, 0.15) is 15.9 Å². The second-order valence-corrected chi connectivity index (χ2v) is 3.38. The molecule has 0 atom stereocenters. The van der Waals surface area contributed by atoms with Crippen LogP contribution in [0.2, 0.25) is 0 Å². The molecule has 1 aromatic carbocycles. The van der Waals surface area contributed by atoms with Crippen molar-refractivity contribution in [1.82, 2.24) is 0 Å². The van der Waals surface area contributed by atoms with Crippen molar-refractivity contribution in [3.63, 3.8) is 0 Å². The summed E-state index contributed by atoms with van der Waals surface area (Å²) in [6.07, 6.45) is -4.75. The highest BCUT2D eigenvalue weighted by Gasteiger charge is 2.40. The van der Waals surface area contributed by atoms with E-state index >= 15 is 0 Å². The third-order valence-corrected chi connectivity index (χ3v) is 2.13. The highest BCUT2D eigenvalue weighted by atomic mass is 19.4. The summed E-state index contributed by atoms with van der Waals surface area (Å²) in [5.74, 6) is -3.34. The molecule has 94 valence electrons. The van der Waals surface area contributed by atoms with Gasteiger partial charge in [-0.3, -0.25) is 4.79 Å². The summed E-state index contributed by atoms with van der Waals surface area (Å²) in [6.45, 7) is 0.283. The SMILES string of the molecule is COCCc1ccc(F)c(C(=O)C(F)(F)F)c1. The normalized spacial score (nSPS) is 11.6. The molecule has 0 bridgehead atoms. The summed E-state index contributed by atoms with van der Waals surface area (Å²) in [7, 11) is 1.44. The molecule has 0 radical (unpaired) electrons. The minimum atomic E-state index is -5.07. The summed E-state index contributed by atoms with van der Waals surface area (Å²) in [4.78, 5) is 10.9. The fourth-order valence-electron chi connectivity index (χ4n) is 1.27. The maximum absolute atomic E-state index is 13.1. The summed E-state index contributed by atoms with van der Waals surface area (Å²) in [6, 6.07) is 3.08. The average Bonchev–Trinajstić information content (AvgIpc) is 2.26. The van der Waals surface area contributed by atoms with Crippen molar-refractivity contribution in [2.45, 2.75) is 12.6 Å². The van der Waals surface area contributed by atoms with Gasteiger partial charge in [0, 0.05) is 7.11 Å². The first-order valence-electron chi connectivity index (χ1n) is 4.75. The average molecular weight is 250 g/mol. The fraction of sp³-hybridized carbons (Fsp3) is 0.364. The van der Waals surface area contributed by atoms with E-state index in [1.807, 2.05) is 0 Å². The van der Waals surface area contributed by atoms with E-state index in [1.165, 1.54) is 13.2 Å². The molecular weight excluding hydrogens is 240 g/mol. The molecule has 0 heterocycles. The van der Waals surface area contributed by atoms with Gasteiger partial charge in [0.25, 0.3) is 5.78 Å². The molecule has 0 N–H and O–H groups in total. The van der Waals surface area contributed by atoms with Crippen LogP contribution in [-0.2, 0) is 11.2 Å². The molecule has 0 aliphatic heterocycles. The van der Waals surface area contributed by atoms with Gasteiger partial charge in [-0.05, 0) is 24.1 Å². The predicted octanol–water partition coefficient (Wildman–Crippen LogP) is 2.76. The van der Waals surface area contributed by atoms with Crippen LogP contribution in [0.3, 0.4) is 0 Å². The van der Waals surface area contributed by atoms with Crippen LogP contribution >= 0.6 is 0 Å². The van der Waals surface area contributed by atoms with Gasteiger partial charge in [-0.1, -0.05) is 6.07 Å².